The average molecular weight is 226 g/mol. The van der Waals surface area contributed by atoms with Crippen LogP contribution in [0, 0.1) is 0 Å². The molecule has 0 amide bonds. The quantitative estimate of drug-likeness (QED) is 0.541. The summed E-state index contributed by atoms with van der Waals surface area (Å²) in [6.45, 7) is 14.8. The smallest absolute Gasteiger partial charge is 0.196 e. The molecule has 0 saturated carbocycles. The van der Waals surface area contributed by atoms with E-state index in [9.17, 15) is 8.78 Å². The normalized spacial score (nSPS) is 19.9. The Kier molecular flexibility index (Phi) is 5.36. The van der Waals surface area contributed by atoms with Crippen molar-refractivity contribution in [2.75, 3.05) is 0 Å². The zero-order chi connectivity index (χ0) is 12.9. The zero-order valence-electron chi connectivity index (χ0n) is 10.5. The van der Waals surface area contributed by atoms with Gasteiger partial charge < -0.3 is 0 Å². The van der Waals surface area contributed by atoms with E-state index in [0.717, 1.165) is 0 Å². The minimum atomic E-state index is -2.91. The van der Waals surface area contributed by atoms with Crippen molar-refractivity contribution in [3.05, 3.63) is 47.6 Å². The van der Waals surface area contributed by atoms with Crippen LogP contribution in [0.25, 0.3) is 0 Å². The summed E-state index contributed by atoms with van der Waals surface area (Å²) >= 11 is 0. The fourth-order valence-corrected chi connectivity index (χ4v) is 1.61. The Morgan fingerprint density at radius 3 is 2.00 bits per heavy atom. The molecule has 2 aliphatic carbocycles. The van der Waals surface area contributed by atoms with Gasteiger partial charge in [0, 0.05) is 11.1 Å². The molecular weight excluding hydrogens is 206 g/mol. The summed E-state index contributed by atoms with van der Waals surface area (Å²) in [6.07, 6.45) is 4.13. The lowest BCUT2D eigenvalue weighted by molar-refractivity contribution is 0.0948. The van der Waals surface area contributed by atoms with Crippen LogP contribution in [0.1, 0.15) is 34.1 Å². The van der Waals surface area contributed by atoms with Crippen molar-refractivity contribution in [2.24, 2.45) is 0 Å². The summed E-state index contributed by atoms with van der Waals surface area (Å²) in [4.78, 5) is 0. The molecule has 2 heteroatoms. The van der Waals surface area contributed by atoms with Crippen LogP contribution in [0.5, 0.6) is 0 Å². The van der Waals surface area contributed by atoms with Gasteiger partial charge in [0.1, 0.15) is 0 Å². The number of allylic oxidation sites excluding steroid dienone is 6. The minimum absolute atomic E-state index is 0.0764. The first-order chi connectivity index (χ1) is 7.55. The van der Waals surface area contributed by atoms with Gasteiger partial charge in [-0.15, -0.1) is 0 Å². The monoisotopic (exact) mass is 226 g/mol. The Hall–Kier alpha value is -1.18. The fourth-order valence-electron chi connectivity index (χ4n) is 1.61. The van der Waals surface area contributed by atoms with Gasteiger partial charge in [0.2, 0.25) is 0 Å². The third-order valence-corrected chi connectivity index (χ3v) is 2.38. The maximum absolute atomic E-state index is 13.2. The number of rotatable bonds is 0. The van der Waals surface area contributed by atoms with E-state index in [0.29, 0.717) is 17.6 Å². The second-order valence-electron chi connectivity index (χ2n) is 3.03. The van der Waals surface area contributed by atoms with Crippen molar-refractivity contribution in [3.8, 4) is 0 Å². The predicted molar refractivity (Wildman–Crippen MR) is 66.7 cm³/mol. The van der Waals surface area contributed by atoms with Gasteiger partial charge in [-0.25, -0.2) is 0 Å². The van der Waals surface area contributed by atoms with E-state index in [1.165, 1.54) is 0 Å². The van der Waals surface area contributed by atoms with Crippen LogP contribution in [-0.2, 0) is 0 Å². The molecule has 0 unspecified atom stereocenters. The molecule has 90 valence electrons. The van der Waals surface area contributed by atoms with E-state index in [1.54, 1.807) is 6.08 Å². The molecule has 0 bridgehead atoms. The van der Waals surface area contributed by atoms with Gasteiger partial charge in [-0.2, -0.15) is 8.78 Å². The third kappa shape index (κ3) is 2.16. The van der Waals surface area contributed by atoms with Crippen molar-refractivity contribution >= 4 is 0 Å². The molecule has 0 fully saturated rings. The molecular formula is C14H20F2. The van der Waals surface area contributed by atoms with Crippen LogP contribution in [-0.4, -0.2) is 5.92 Å². The molecule has 0 spiro atoms. The Balaban J connectivity index is 0.000000509. The van der Waals surface area contributed by atoms with Gasteiger partial charge in [-0.3, -0.25) is 0 Å². The van der Waals surface area contributed by atoms with Crippen LogP contribution in [0.4, 0.5) is 8.78 Å². The lowest BCUT2D eigenvalue weighted by atomic mass is 10.1. The Labute approximate surface area is 97.1 Å². The number of hydrogen-bond donors (Lipinski definition) is 0. The van der Waals surface area contributed by atoms with Crippen LogP contribution in [0.15, 0.2) is 47.6 Å². The number of alkyl halides is 2. The molecule has 0 radical (unpaired) electrons. The van der Waals surface area contributed by atoms with Crippen molar-refractivity contribution in [1.82, 2.24) is 0 Å². The molecule has 2 rings (SSSR count). The Morgan fingerprint density at radius 1 is 1.06 bits per heavy atom. The summed E-state index contributed by atoms with van der Waals surface area (Å²) in [5.74, 6) is -2.91. The summed E-state index contributed by atoms with van der Waals surface area (Å²) in [5, 5.41) is 0. The molecule has 0 heterocycles. The molecule has 16 heavy (non-hydrogen) atoms. The lowest BCUT2D eigenvalue weighted by Crippen LogP contribution is -2.16. The molecule has 0 nitrogen and oxygen atoms in total. The van der Waals surface area contributed by atoms with Gasteiger partial charge in [0.05, 0.1) is 0 Å². The largest absolute Gasteiger partial charge is 0.298 e. The second-order valence-corrected chi connectivity index (χ2v) is 3.03. The number of halogens is 2. The first-order valence-corrected chi connectivity index (χ1v) is 5.72. The third-order valence-electron chi connectivity index (χ3n) is 2.38. The fraction of sp³-hybridized carbons (Fsp3) is 0.429. The van der Waals surface area contributed by atoms with E-state index in [-0.39, 0.29) is 11.1 Å². The van der Waals surface area contributed by atoms with Gasteiger partial charge in [-0.1, -0.05) is 53.0 Å². The van der Waals surface area contributed by atoms with Gasteiger partial charge in [0.25, 0.3) is 5.92 Å². The molecule has 0 aliphatic heterocycles. The first kappa shape index (κ1) is 14.8. The first-order valence-electron chi connectivity index (χ1n) is 5.72. The lowest BCUT2D eigenvalue weighted by Gasteiger charge is -2.13. The van der Waals surface area contributed by atoms with Crippen LogP contribution in [0.2, 0.25) is 0 Å². The maximum Gasteiger partial charge on any atom is 0.298 e. The minimum Gasteiger partial charge on any atom is -0.196 e. The van der Waals surface area contributed by atoms with Gasteiger partial charge in [0.15, 0.2) is 0 Å². The summed E-state index contributed by atoms with van der Waals surface area (Å²) in [7, 11) is 0. The molecule has 0 aromatic carbocycles. The van der Waals surface area contributed by atoms with Crippen LogP contribution in [0.3, 0.4) is 0 Å². The van der Waals surface area contributed by atoms with E-state index >= 15 is 0 Å². The predicted octanol–water partition coefficient (Wildman–Crippen LogP) is 5.06. The highest BCUT2D eigenvalue weighted by Crippen LogP contribution is 2.50. The van der Waals surface area contributed by atoms with Crippen molar-refractivity contribution in [3.63, 3.8) is 0 Å². The SMILES string of the molecule is C=C1C2=C(CC=C2)C(=C)C1(F)F.CC.CC. The van der Waals surface area contributed by atoms with Crippen LogP contribution >= 0.6 is 0 Å². The van der Waals surface area contributed by atoms with Crippen molar-refractivity contribution in [2.45, 2.75) is 40.0 Å². The molecule has 0 N–H and O–H groups in total. The molecule has 0 aromatic rings. The van der Waals surface area contributed by atoms with E-state index in [4.69, 9.17) is 0 Å². The van der Waals surface area contributed by atoms with Crippen LogP contribution < -0.4 is 0 Å². The maximum atomic E-state index is 13.2. The topological polar surface area (TPSA) is 0 Å². The zero-order valence-corrected chi connectivity index (χ0v) is 10.5. The summed E-state index contributed by atoms with van der Waals surface area (Å²) < 4.78 is 26.4. The highest BCUT2D eigenvalue weighted by Gasteiger charge is 2.46. The standard InChI is InChI=1S/C10H8F2.2C2H6/c1-6-8-4-3-5-9(8)7(2)10(6,11)12;2*1-2/h3-4H,1-2,5H2;2*1-2H3. The van der Waals surface area contributed by atoms with Crippen molar-refractivity contribution < 1.29 is 8.78 Å². The van der Waals surface area contributed by atoms with Crippen molar-refractivity contribution in [1.29, 1.82) is 0 Å². The Bertz CT molecular complexity index is 344. The highest BCUT2D eigenvalue weighted by atomic mass is 19.3. The Morgan fingerprint density at radius 2 is 1.56 bits per heavy atom. The molecule has 0 aromatic heterocycles. The highest BCUT2D eigenvalue weighted by molar-refractivity contribution is 5.66. The van der Waals surface area contributed by atoms with E-state index < -0.39 is 5.92 Å². The molecule has 2 aliphatic rings. The van der Waals surface area contributed by atoms with Gasteiger partial charge in [-0.05, 0) is 17.6 Å². The van der Waals surface area contributed by atoms with E-state index in [2.05, 4.69) is 13.2 Å². The summed E-state index contributed by atoms with van der Waals surface area (Å²) in [5.41, 5.74) is 1.07. The summed E-state index contributed by atoms with van der Waals surface area (Å²) in [6, 6.07) is 0. The number of hydrogen-bond acceptors (Lipinski definition) is 0. The molecule has 0 atom stereocenters. The van der Waals surface area contributed by atoms with E-state index in [1.807, 2.05) is 33.8 Å². The second kappa shape index (κ2) is 5.78. The average Bonchev–Trinajstić information content (AvgIpc) is 2.85. The molecule has 0 saturated heterocycles. The van der Waals surface area contributed by atoms with Gasteiger partial charge >= 0.3 is 0 Å².